The Hall–Kier alpha value is -1.22. The minimum atomic E-state index is 0.0838. The Morgan fingerprint density at radius 2 is 1.65 bits per heavy atom. The molecular formula is C14H23NO2. The van der Waals surface area contributed by atoms with Gasteiger partial charge in [-0.2, -0.15) is 0 Å². The molecule has 0 fully saturated rings. The van der Waals surface area contributed by atoms with Crippen LogP contribution in [0.5, 0.6) is 11.5 Å². The predicted octanol–water partition coefficient (Wildman–Crippen LogP) is 3.28. The second-order valence-electron chi connectivity index (χ2n) is 5.24. The minimum absolute atomic E-state index is 0.0838. The minimum Gasteiger partial charge on any atom is -0.508 e. The molecule has 0 aliphatic rings. The molecule has 0 heterocycles. The fourth-order valence-corrected chi connectivity index (χ4v) is 1.86. The quantitative estimate of drug-likeness (QED) is 0.844. The average Bonchev–Trinajstić information content (AvgIpc) is 2.25. The van der Waals surface area contributed by atoms with Crippen molar-refractivity contribution in [2.24, 2.45) is 0 Å². The maximum absolute atomic E-state index is 9.51. The molecule has 1 unspecified atom stereocenters. The van der Waals surface area contributed by atoms with Crippen LogP contribution in [-0.4, -0.2) is 27.7 Å². The summed E-state index contributed by atoms with van der Waals surface area (Å²) in [5.74, 6) is 0.212. The molecule has 1 rings (SSSR count). The van der Waals surface area contributed by atoms with E-state index in [-0.39, 0.29) is 23.1 Å². The highest BCUT2D eigenvalue weighted by Crippen LogP contribution is 2.32. The van der Waals surface area contributed by atoms with Crippen molar-refractivity contribution < 1.29 is 10.2 Å². The molecule has 0 amide bonds. The third kappa shape index (κ3) is 3.13. The van der Waals surface area contributed by atoms with Crippen LogP contribution < -0.4 is 0 Å². The largest absolute Gasteiger partial charge is 0.508 e. The first-order valence-corrected chi connectivity index (χ1v) is 6.03. The van der Waals surface area contributed by atoms with Gasteiger partial charge in [-0.05, 0) is 51.9 Å². The molecule has 0 spiro atoms. The average molecular weight is 237 g/mol. The normalized spacial score (nSPS) is 14.0. The number of benzene rings is 1. The van der Waals surface area contributed by atoms with Crippen LogP contribution in [0.4, 0.5) is 0 Å². The Bertz CT molecular complexity index is 368. The fourth-order valence-electron chi connectivity index (χ4n) is 1.86. The number of nitrogens with zero attached hydrogens (tertiary/aromatic N) is 1. The Balaban J connectivity index is 3.00. The fraction of sp³-hybridized carbons (Fsp3) is 0.571. The molecule has 0 aliphatic carbocycles. The van der Waals surface area contributed by atoms with E-state index in [1.807, 2.05) is 0 Å². The van der Waals surface area contributed by atoms with Gasteiger partial charge in [0, 0.05) is 17.6 Å². The van der Waals surface area contributed by atoms with Crippen molar-refractivity contribution in [1.29, 1.82) is 0 Å². The topological polar surface area (TPSA) is 43.7 Å². The number of phenols is 2. The van der Waals surface area contributed by atoms with Gasteiger partial charge in [0.05, 0.1) is 0 Å². The first-order valence-electron chi connectivity index (χ1n) is 6.03. The molecule has 17 heavy (non-hydrogen) atoms. The maximum Gasteiger partial charge on any atom is 0.119 e. The third-order valence-corrected chi connectivity index (χ3v) is 3.81. The number of hydrogen-bond donors (Lipinski definition) is 2. The second kappa shape index (κ2) is 4.96. The third-order valence-electron chi connectivity index (χ3n) is 3.81. The molecule has 1 atom stereocenters. The number of rotatable bonds is 4. The first kappa shape index (κ1) is 13.8. The van der Waals surface area contributed by atoms with E-state index in [4.69, 9.17) is 0 Å². The van der Waals surface area contributed by atoms with Crippen LogP contribution >= 0.6 is 0 Å². The monoisotopic (exact) mass is 237 g/mol. The lowest BCUT2D eigenvalue weighted by Crippen LogP contribution is -2.41. The number of phenolic OH excluding ortho intramolecular Hbond substituents is 2. The van der Waals surface area contributed by atoms with Crippen LogP contribution in [0.1, 0.15) is 45.7 Å². The Kier molecular flexibility index (Phi) is 4.04. The van der Waals surface area contributed by atoms with Crippen LogP contribution in [0.15, 0.2) is 18.2 Å². The van der Waals surface area contributed by atoms with Gasteiger partial charge in [0.1, 0.15) is 11.5 Å². The van der Waals surface area contributed by atoms with E-state index in [1.54, 1.807) is 12.1 Å². The predicted molar refractivity (Wildman–Crippen MR) is 70.3 cm³/mol. The van der Waals surface area contributed by atoms with Gasteiger partial charge in [-0.1, -0.05) is 6.92 Å². The van der Waals surface area contributed by atoms with Gasteiger partial charge < -0.3 is 10.2 Å². The molecule has 3 nitrogen and oxygen atoms in total. The van der Waals surface area contributed by atoms with Crippen molar-refractivity contribution in [2.75, 3.05) is 7.05 Å². The molecule has 3 heteroatoms. The summed E-state index contributed by atoms with van der Waals surface area (Å²) in [6.45, 7) is 8.60. The SMILES string of the molecule is CCC(C)(C)N(C)C(C)c1cc(O)cc(O)c1. The molecule has 0 bridgehead atoms. The van der Waals surface area contributed by atoms with Gasteiger partial charge in [0.25, 0.3) is 0 Å². The second-order valence-corrected chi connectivity index (χ2v) is 5.24. The molecule has 96 valence electrons. The zero-order chi connectivity index (χ0) is 13.2. The van der Waals surface area contributed by atoms with Crippen LogP contribution in [-0.2, 0) is 0 Å². The van der Waals surface area contributed by atoms with E-state index in [9.17, 15) is 10.2 Å². The standard InChI is InChI=1S/C14H23NO2/c1-6-14(3,4)15(5)10(2)11-7-12(16)9-13(17)8-11/h7-10,16-17H,6H2,1-5H3. The zero-order valence-corrected chi connectivity index (χ0v) is 11.4. The zero-order valence-electron chi connectivity index (χ0n) is 11.4. The molecule has 2 N–H and O–H groups in total. The van der Waals surface area contributed by atoms with Crippen molar-refractivity contribution in [3.05, 3.63) is 23.8 Å². The summed E-state index contributed by atoms with van der Waals surface area (Å²) in [4.78, 5) is 2.25. The summed E-state index contributed by atoms with van der Waals surface area (Å²) in [5.41, 5.74) is 1.01. The Morgan fingerprint density at radius 1 is 1.18 bits per heavy atom. The van der Waals surface area contributed by atoms with Crippen LogP contribution in [0, 0.1) is 0 Å². The van der Waals surface area contributed by atoms with E-state index in [2.05, 4.69) is 39.6 Å². The van der Waals surface area contributed by atoms with Gasteiger partial charge in [0.15, 0.2) is 0 Å². The van der Waals surface area contributed by atoms with Crippen molar-refractivity contribution in [3.63, 3.8) is 0 Å². The van der Waals surface area contributed by atoms with Crippen molar-refractivity contribution in [3.8, 4) is 11.5 Å². The highest BCUT2D eigenvalue weighted by molar-refractivity contribution is 5.38. The van der Waals surface area contributed by atoms with Crippen molar-refractivity contribution >= 4 is 0 Å². The van der Waals surface area contributed by atoms with E-state index in [1.165, 1.54) is 6.07 Å². The van der Waals surface area contributed by atoms with E-state index in [0.717, 1.165) is 12.0 Å². The first-order chi connectivity index (χ1) is 7.77. The molecule has 0 saturated heterocycles. The van der Waals surface area contributed by atoms with Gasteiger partial charge in [-0.3, -0.25) is 4.90 Å². The van der Waals surface area contributed by atoms with Crippen molar-refractivity contribution in [2.45, 2.75) is 45.7 Å². The van der Waals surface area contributed by atoms with Gasteiger partial charge in [-0.25, -0.2) is 0 Å². The maximum atomic E-state index is 9.51. The molecule has 1 aromatic carbocycles. The number of hydrogen-bond acceptors (Lipinski definition) is 3. The molecule has 1 aromatic rings. The van der Waals surface area contributed by atoms with Crippen molar-refractivity contribution in [1.82, 2.24) is 4.90 Å². The highest BCUT2D eigenvalue weighted by atomic mass is 16.3. The lowest BCUT2D eigenvalue weighted by atomic mass is 9.95. The van der Waals surface area contributed by atoms with E-state index in [0.29, 0.717) is 0 Å². The summed E-state index contributed by atoms with van der Waals surface area (Å²) in [7, 11) is 2.06. The van der Waals surface area contributed by atoms with Gasteiger partial charge in [-0.15, -0.1) is 0 Å². The summed E-state index contributed by atoms with van der Waals surface area (Å²) >= 11 is 0. The molecule has 0 saturated carbocycles. The van der Waals surface area contributed by atoms with Crippen LogP contribution in [0.3, 0.4) is 0 Å². The highest BCUT2D eigenvalue weighted by Gasteiger charge is 2.26. The van der Waals surface area contributed by atoms with Crippen LogP contribution in [0.2, 0.25) is 0 Å². The number of aromatic hydroxyl groups is 2. The van der Waals surface area contributed by atoms with Gasteiger partial charge >= 0.3 is 0 Å². The molecule has 0 aliphatic heterocycles. The van der Waals surface area contributed by atoms with Gasteiger partial charge in [0.2, 0.25) is 0 Å². The van der Waals surface area contributed by atoms with Crippen LogP contribution in [0.25, 0.3) is 0 Å². The molecular weight excluding hydrogens is 214 g/mol. The molecule has 0 radical (unpaired) electrons. The Morgan fingerprint density at radius 3 is 2.06 bits per heavy atom. The summed E-state index contributed by atoms with van der Waals surface area (Å²) in [6, 6.07) is 4.89. The lowest BCUT2D eigenvalue weighted by Gasteiger charge is -2.39. The Labute approximate surface area is 104 Å². The lowest BCUT2D eigenvalue weighted by molar-refractivity contribution is 0.106. The smallest absolute Gasteiger partial charge is 0.119 e. The molecule has 0 aromatic heterocycles. The summed E-state index contributed by atoms with van der Waals surface area (Å²) in [6.07, 6.45) is 1.04. The van der Waals surface area contributed by atoms with E-state index >= 15 is 0 Å². The van der Waals surface area contributed by atoms with E-state index < -0.39 is 0 Å². The summed E-state index contributed by atoms with van der Waals surface area (Å²) < 4.78 is 0. The summed E-state index contributed by atoms with van der Waals surface area (Å²) in [5, 5.41) is 19.0.